The van der Waals surface area contributed by atoms with Crippen molar-refractivity contribution in [2.24, 2.45) is 0 Å². The van der Waals surface area contributed by atoms with Crippen molar-refractivity contribution >= 4 is 5.97 Å². The summed E-state index contributed by atoms with van der Waals surface area (Å²) in [6.07, 6.45) is 3.51. The standard InChI is InChI=1S/C16H22N2O4/c1-22-16(19)15(18(20)21)12-14(13-8-4-2-5-9-13)17-10-6-3-7-11-17/h2,4-5,8-9,14-15H,3,6-7,10-12H2,1H3. The second-order valence-corrected chi connectivity index (χ2v) is 5.58. The molecule has 1 aliphatic rings. The molecule has 0 amide bonds. The lowest BCUT2D eigenvalue weighted by atomic mass is 9.95. The maximum absolute atomic E-state index is 11.7. The average Bonchev–Trinajstić information content (AvgIpc) is 2.56. The molecule has 22 heavy (non-hydrogen) atoms. The number of piperidine rings is 1. The normalized spacial score (nSPS) is 18.4. The van der Waals surface area contributed by atoms with Crippen molar-refractivity contribution < 1.29 is 14.5 Å². The van der Waals surface area contributed by atoms with E-state index in [0.29, 0.717) is 0 Å². The topological polar surface area (TPSA) is 72.7 Å². The van der Waals surface area contributed by atoms with Crippen LogP contribution in [0.1, 0.15) is 37.3 Å². The maximum Gasteiger partial charge on any atom is 0.381 e. The van der Waals surface area contributed by atoms with E-state index in [0.717, 1.165) is 31.5 Å². The fourth-order valence-corrected chi connectivity index (χ4v) is 3.02. The summed E-state index contributed by atoms with van der Waals surface area (Å²) in [6, 6.07) is 8.24. The van der Waals surface area contributed by atoms with Crippen LogP contribution in [0, 0.1) is 10.1 Å². The van der Waals surface area contributed by atoms with Gasteiger partial charge in [-0.05, 0) is 31.5 Å². The van der Waals surface area contributed by atoms with Gasteiger partial charge in [-0.1, -0.05) is 36.8 Å². The summed E-state index contributed by atoms with van der Waals surface area (Å²) in [5, 5.41) is 11.2. The lowest BCUT2D eigenvalue weighted by Gasteiger charge is -2.35. The Balaban J connectivity index is 2.23. The van der Waals surface area contributed by atoms with E-state index >= 15 is 0 Å². The Kier molecular flexibility index (Phi) is 5.89. The van der Waals surface area contributed by atoms with E-state index in [1.807, 2.05) is 30.3 Å². The SMILES string of the molecule is COC(=O)C(CC(c1ccccc1)N1CCCCC1)[N+](=O)[O-]. The zero-order chi connectivity index (χ0) is 15.9. The molecule has 0 bridgehead atoms. The highest BCUT2D eigenvalue weighted by Gasteiger charge is 2.36. The summed E-state index contributed by atoms with van der Waals surface area (Å²) < 4.78 is 4.60. The molecule has 0 spiro atoms. The molecule has 1 saturated heterocycles. The van der Waals surface area contributed by atoms with Crippen LogP contribution in [-0.4, -0.2) is 42.0 Å². The van der Waals surface area contributed by atoms with Crippen molar-refractivity contribution in [3.8, 4) is 0 Å². The monoisotopic (exact) mass is 306 g/mol. The molecule has 120 valence electrons. The van der Waals surface area contributed by atoms with Gasteiger partial charge >= 0.3 is 12.0 Å². The molecule has 6 nitrogen and oxygen atoms in total. The summed E-state index contributed by atoms with van der Waals surface area (Å²) in [5.74, 6) is -0.775. The molecule has 2 unspecified atom stereocenters. The number of hydrogen-bond acceptors (Lipinski definition) is 5. The van der Waals surface area contributed by atoms with Gasteiger partial charge in [0.2, 0.25) is 0 Å². The zero-order valence-electron chi connectivity index (χ0n) is 12.8. The van der Waals surface area contributed by atoms with Crippen molar-refractivity contribution in [1.29, 1.82) is 0 Å². The van der Waals surface area contributed by atoms with Crippen molar-refractivity contribution in [2.45, 2.75) is 37.8 Å². The van der Waals surface area contributed by atoms with Gasteiger partial charge in [-0.2, -0.15) is 0 Å². The summed E-state index contributed by atoms with van der Waals surface area (Å²) in [7, 11) is 1.19. The highest BCUT2D eigenvalue weighted by molar-refractivity contribution is 5.74. The largest absolute Gasteiger partial charge is 0.464 e. The van der Waals surface area contributed by atoms with Crippen LogP contribution in [0.25, 0.3) is 0 Å². The number of nitro groups is 1. The van der Waals surface area contributed by atoms with Crippen LogP contribution in [0.5, 0.6) is 0 Å². The number of hydrogen-bond donors (Lipinski definition) is 0. The Hall–Kier alpha value is -1.95. The Morgan fingerprint density at radius 2 is 1.91 bits per heavy atom. The summed E-state index contributed by atoms with van der Waals surface area (Å²) in [4.78, 5) is 24.7. The molecule has 1 aliphatic heterocycles. The van der Waals surface area contributed by atoms with E-state index in [2.05, 4.69) is 9.64 Å². The van der Waals surface area contributed by atoms with E-state index < -0.39 is 16.9 Å². The van der Waals surface area contributed by atoms with Crippen LogP contribution in [0.15, 0.2) is 30.3 Å². The molecule has 0 aromatic heterocycles. The van der Waals surface area contributed by atoms with Gasteiger partial charge in [0.15, 0.2) is 0 Å². The summed E-state index contributed by atoms with van der Waals surface area (Å²) in [5.41, 5.74) is 1.01. The van der Waals surface area contributed by atoms with Gasteiger partial charge in [0.1, 0.15) is 0 Å². The Labute approximate surface area is 130 Å². The lowest BCUT2D eigenvalue weighted by molar-refractivity contribution is -0.512. The van der Waals surface area contributed by atoms with Crippen molar-refractivity contribution in [3.63, 3.8) is 0 Å². The van der Waals surface area contributed by atoms with Crippen LogP contribution in [-0.2, 0) is 9.53 Å². The number of ether oxygens (including phenoxy) is 1. The molecular formula is C16H22N2O4. The van der Waals surface area contributed by atoms with Crippen molar-refractivity contribution in [3.05, 3.63) is 46.0 Å². The molecule has 1 fully saturated rings. The number of rotatable bonds is 6. The summed E-state index contributed by atoms with van der Waals surface area (Å²) >= 11 is 0. The van der Waals surface area contributed by atoms with Crippen LogP contribution in [0.3, 0.4) is 0 Å². The first-order valence-electron chi connectivity index (χ1n) is 7.64. The average molecular weight is 306 g/mol. The lowest BCUT2D eigenvalue weighted by Crippen LogP contribution is -2.39. The molecule has 0 N–H and O–H groups in total. The molecule has 1 heterocycles. The van der Waals surface area contributed by atoms with E-state index in [9.17, 15) is 14.9 Å². The molecule has 0 radical (unpaired) electrons. The zero-order valence-corrected chi connectivity index (χ0v) is 12.8. The second kappa shape index (κ2) is 7.89. The molecule has 0 aliphatic carbocycles. The fraction of sp³-hybridized carbons (Fsp3) is 0.562. The predicted octanol–water partition coefficient (Wildman–Crippen LogP) is 2.42. The second-order valence-electron chi connectivity index (χ2n) is 5.58. The number of carbonyl (C=O) groups excluding carboxylic acids is 1. The smallest absolute Gasteiger partial charge is 0.381 e. The fourth-order valence-electron chi connectivity index (χ4n) is 3.02. The third kappa shape index (κ3) is 4.04. The number of carbonyl (C=O) groups is 1. The van der Waals surface area contributed by atoms with Gasteiger partial charge in [-0.25, -0.2) is 4.79 Å². The van der Waals surface area contributed by atoms with Gasteiger partial charge in [0.05, 0.1) is 7.11 Å². The minimum absolute atomic E-state index is 0.129. The quantitative estimate of drug-likeness (QED) is 0.458. The first-order valence-corrected chi connectivity index (χ1v) is 7.64. The van der Waals surface area contributed by atoms with Gasteiger partial charge in [-0.3, -0.25) is 15.0 Å². The Bertz CT molecular complexity index is 500. The number of esters is 1. The molecular weight excluding hydrogens is 284 g/mol. The first kappa shape index (κ1) is 16.4. The van der Waals surface area contributed by atoms with Crippen LogP contribution >= 0.6 is 0 Å². The molecule has 1 aromatic rings. The molecule has 1 aromatic carbocycles. The molecule has 2 atom stereocenters. The van der Waals surface area contributed by atoms with Crippen LogP contribution < -0.4 is 0 Å². The minimum Gasteiger partial charge on any atom is -0.464 e. The Morgan fingerprint density at radius 1 is 1.27 bits per heavy atom. The highest BCUT2D eigenvalue weighted by Crippen LogP contribution is 2.29. The van der Waals surface area contributed by atoms with E-state index in [4.69, 9.17) is 0 Å². The van der Waals surface area contributed by atoms with Gasteiger partial charge < -0.3 is 4.74 Å². The van der Waals surface area contributed by atoms with E-state index in [1.54, 1.807) is 0 Å². The first-order chi connectivity index (χ1) is 10.6. The third-order valence-electron chi connectivity index (χ3n) is 4.19. The maximum atomic E-state index is 11.7. The molecule has 2 rings (SSSR count). The van der Waals surface area contributed by atoms with Crippen molar-refractivity contribution in [1.82, 2.24) is 4.90 Å². The minimum atomic E-state index is -1.32. The van der Waals surface area contributed by atoms with E-state index in [-0.39, 0.29) is 12.5 Å². The van der Waals surface area contributed by atoms with Crippen molar-refractivity contribution in [2.75, 3.05) is 20.2 Å². The third-order valence-corrected chi connectivity index (χ3v) is 4.19. The van der Waals surface area contributed by atoms with Crippen LogP contribution in [0.4, 0.5) is 0 Å². The van der Waals surface area contributed by atoms with Gasteiger partial charge in [-0.15, -0.1) is 0 Å². The number of benzene rings is 1. The molecule has 0 saturated carbocycles. The van der Waals surface area contributed by atoms with E-state index in [1.165, 1.54) is 13.5 Å². The van der Waals surface area contributed by atoms with Crippen LogP contribution in [0.2, 0.25) is 0 Å². The molecule has 6 heteroatoms. The highest BCUT2D eigenvalue weighted by atomic mass is 16.6. The predicted molar refractivity (Wildman–Crippen MR) is 82.0 cm³/mol. The van der Waals surface area contributed by atoms with Gasteiger partial charge in [0.25, 0.3) is 0 Å². The van der Waals surface area contributed by atoms with Gasteiger partial charge in [0, 0.05) is 17.4 Å². The number of nitrogens with zero attached hydrogens (tertiary/aromatic N) is 2. The Morgan fingerprint density at radius 3 is 2.45 bits per heavy atom. The number of methoxy groups -OCH3 is 1. The number of likely N-dealkylation sites (tertiary alicyclic amines) is 1. The summed E-state index contributed by atoms with van der Waals surface area (Å²) in [6.45, 7) is 1.82.